The van der Waals surface area contributed by atoms with Gasteiger partial charge in [0.05, 0.1) is 16.8 Å². The van der Waals surface area contributed by atoms with Gasteiger partial charge in [0.15, 0.2) is 5.82 Å². The molecule has 0 atom stereocenters. The second kappa shape index (κ2) is 13.9. The smallest absolute Gasteiger partial charge is 0.160 e. The summed E-state index contributed by atoms with van der Waals surface area (Å²) >= 11 is 0. The molecule has 2 heterocycles. The third-order valence-electron chi connectivity index (χ3n) is 11.2. The Hall–Kier alpha value is -7.23. The molecule has 10 rings (SSSR count). The minimum atomic E-state index is -0.587. The van der Waals surface area contributed by atoms with Crippen molar-refractivity contribution in [1.82, 2.24) is 15.0 Å². The Bertz CT molecular complexity index is 2750. The topological polar surface area (TPSA) is 38.7 Å². The number of hydrogen-bond donors (Lipinski definition) is 0. The minimum Gasteiger partial charge on any atom is -0.264 e. The van der Waals surface area contributed by atoms with E-state index >= 15 is 0 Å². The van der Waals surface area contributed by atoms with E-state index in [0.29, 0.717) is 5.82 Å². The van der Waals surface area contributed by atoms with Gasteiger partial charge in [-0.05, 0) is 98.5 Å². The van der Waals surface area contributed by atoms with Crippen molar-refractivity contribution >= 4 is 0 Å². The minimum absolute atomic E-state index is 0.587. The van der Waals surface area contributed by atoms with E-state index in [0.717, 1.165) is 33.6 Å². The number of fused-ring (bicyclic) bond motifs is 3. The average Bonchev–Trinajstić information content (AvgIpc) is 3.57. The molecule has 1 aliphatic carbocycles. The molecule has 2 aromatic heterocycles. The first-order valence-corrected chi connectivity index (χ1v) is 19.1. The molecule has 56 heavy (non-hydrogen) atoms. The van der Waals surface area contributed by atoms with Crippen molar-refractivity contribution in [3.63, 3.8) is 0 Å². The molecule has 0 fully saturated rings. The lowest BCUT2D eigenvalue weighted by molar-refractivity contribution is 0.769. The molecule has 9 aromatic rings. The summed E-state index contributed by atoms with van der Waals surface area (Å²) in [6.45, 7) is 2.12. The van der Waals surface area contributed by atoms with Crippen molar-refractivity contribution in [1.29, 1.82) is 0 Å². The molecule has 0 unspecified atom stereocenters. The summed E-state index contributed by atoms with van der Waals surface area (Å²) in [4.78, 5) is 14.7. The number of benzene rings is 7. The number of nitrogens with zero attached hydrogens (tertiary/aromatic N) is 3. The van der Waals surface area contributed by atoms with E-state index in [1.165, 1.54) is 55.6 Å². The lowest BCUT2D eigenvalue weighted by Gasteiger charge is -2.34. The van der Waals surface area contributed by atoms with E-state index in [9.17, 15) is 0 Å². The van der Waals surface area contributed by atoms with Crippen molar-refractivity contribution in [3.8, 4) is 67.3 Å². The molecule has 3 nitrogen and oxygen atoms in total. The first-order chi connectivity index (χ1) is 27.7. The number of aryl methyl sites for hydroxylation is 1. The Kier molecular flexibility index (Phi) is 8.26. The molecular weight excluding hydrogens is 679 g/mol. The van der Waals surface area contributed by atoms with E-state index in [-0.39, 0.29) is 0 Å². The highest BCUT2D eigenvalue weighted by atomic mass is 14.9. The zero-order chi connectivity index (χ0) is 37.5. The van der Waals surface area contributed by atoms with Gasteiger partial charge in [-0.25, -0.2) is 9.97 Å². The van der Waals surface area contributed by atoms with Gasteiger partial charge < -0.3 is 0 Å². The largest absolute Gasteiger partial charge is 0.264 e. The van der Waals surface area contributed by atoms with Crippen LogP contribution < -0.4 is 0 Å². The lowest BCUT2D eigenvalue weighted by atomic mass is 9.67. The third-order valence-corrected chi connectivity index (χ3v) is 11.2. The van der Waals surface area contributed by atoms with Gasteiger partial charge in [0, 0.05) is 29.1 Å². The summed E-state index contributed by atoms with van der Waals surface area (Å²) in [5.74, 6) is 0.706. The van der Waals surface area contributed by atoms with Crippen LogP contribution >= 0.6 is 0 Å². The number of pyridine rings is 1. The highest BCUT2D eigenvalue weighted by Crippen LogP contribution is 2.57. The van der Waals surface area contributed by atoms with Gasteiger partial charge in [-0.3, -0.25) is 4.98 Å². The lowest BCUT2D eigenvalue weighted by Crippen LogP contribution is -2.28. The predicted octanol–water partition coefficient (Wildman–Crippen LogP) is 12.9. The fourth-order valence-corrected chi connectivity index (χ4v) is 8.56. The first-order valence-electron chi connectivity index (χ1n) is 19.1. The molecule has 1 aliphatic rings. The molecule has 0 radical (unpaired) electrons. The quantitative estimate of drug-likeness (QED) is 0.165. The molecule has 7 aromatic carbocycles. The van der Waals surface area contributed by atoms with E-state index in [1.807, 2.05) is 36.7 Å². The van der Waals surface area contributed by atoms with Crippen LogP contribution in [0.4, 0.5) is 0 Å². The Morgan fingerprint density at radius 2 is 0.875 bits per heavy atom. The Morgan fingerprint density at radius 3 is 1.50 bits per heavy atom. The molecule has 264 valence electrons. The van der Waals surface area contributed by atoms with Gasteiger partial charge in [-0.2, -0.15) is 0 Å². The van der Waals surface area contributed by atoms with Gasteiger partial charge in [0.2, 0.25) is 0 Å². The van der Waals surface area contributed by atoms with Crippen LogP contribution in [-0.4, -0.2) is 15.0 Å². The summed E-state index contributed by atoms with van der Waals surface area (Å²) in [6, 6.07) is 69.7. The van der Waals surface area contributed by atoms with E-state index in [4.69, 9.17) is 9.97 Å². The second-order valence-electron chi connectivity index (χ2n) is 14.5. The molecule has 0 saturated carbocycles. The van der Waals surface area contributed by atoms with Crippen LogP contribution in [0.1, 0.15) is 27.8 Å². The zero-order valence-corrected chi connectivity index (χ0v) is 31.0. The van der Waals surface area contributed by atoms with Crippen LogP contribution in [0.15, 0.2) is 207 Å². The number of hydrogen-bond acceptors (Lipinski definition) is 3. The maximum absolute atomic E-state index is 5.25. The van der Waals surface area contributed by atoms with Crippen LogP contribution in [0.2, 0.25) is 0 Å². The summed E-state index contributed by atoms with van der Waals surface area (Å²) in [6.07, 6.45) is 3.81. The normalized spacial score (nSPS) is 12.5. The molecule has 3 heteroatoms. The van der Waals surface area contributed by atoms with Crippen molar-refractivity contribution in [2.75, 3.05) is 0 Å². The standard InChI is InChI=1S/C53H37N3/c1-36-35-54-30-29-45(36)41-20-14-19-39(31-41)40-25-27-46-47-28-26-42(51-34-50(37-15-6-2-7-16-37)55-52(56-51)38-17-8-3-9-18-38)33-49(47)53(48(46)32-40,43-21-10-4-11-22-43)44-23-12-5-13-24-44/h2-35H,1H3. The number of aromatic nitrogens is 3. The first kappa shape index (κ1) is 33.3. The van der Waals surface area contributed by atoms with Crippen LogP contribution in [0.3, 0.4) is 0 Å². The third kappa shape index (κ3) is 5.64. The SMILES string of the molecule is Cc1cnccc1-c1cccc(-c2ccc3c(c2)C(c2ccccc2)(c2ccccc2)c2cc(-c4cc(-c5ccccc5)nc(-c5ccccc5)n4)ccc2-3)c1. The highest BCUT2D eigenvalue weighted by molar-refractivity contribution is 5.90. The van der Waals surface area contributed by atoms with Crippen LogP contribution in [-0.2, 0) is 5.41 Å². The van der Waals surface area contributed by atoms with Crippen molar-refractivity contribution < 1.29 is 0 Å². The summed E-state index contributed by atoms with van der Waals surface area (Å²) in [7, 11) is 0. The Balaban J connectivity index is 1.21. The monoisotopic (exact) mass is 715 g/mol. The molecule has 0 bridgehead atoms. The molecule has 0 saturated heterocycles. The second-order valence-corrected chi connectivity index (χ2v) is 14.5. The van der Waals surface area contributed by atoms with Gasteiger partial charge in [-0.1, -0.05) is 164 Å². The Morgan fingerprint density at radius 1 is 0.375 bits per heavy atom. The zero-order valence-electron chi connectivity index (χ0n) is 31.0. The molecule has 0 aliphatic heterocycles. The van der Waals surface area contributed by atoms with E-state index in [1.54, 1.807) is 0 Å². The van der Waals surface area contributed by atoms with E-state index < -0.39 is 5.41 Å². The van der Waals surface area contributed by atoms with Crippen LogP contribution in [0, 0.1) is 6.92 Å². The Labute approximate surface area is 327 Å². The molecular formula is C53H37N3. The predicted molar refractivity (Wildman–Crippen MR) is 229 cm³/mol. The van der Waals surface area contributed by atoms with E-state index in [2.05, 4.69) is 182 Å². The molecule has 0 spiro atoms. The van der Waals surface area contributed by atoms with Crippen molar-refractivity contribution in [2.45, 2.75) is 12.3 Å². The molecule has 0 N–H and O–H groups in total. The van der Waals surface area contributed by atoms with Gasteiger partial charge >= 0.3 is 0 Å². The highest BCUT2D eigenvalue weighted by Gasteiger charge is 2.46. The summed E-state index contributed by atoms with van der Waals surface area (Å²) < 4.78 is 0. The fourth-order valence-electron chi connectivity index (χ4n) is 8.56. The summed E-state index contributed by atoms with van der Waals surface area (Å²) in [5.41, 5.74) is 17.6. The van der Waals surface area contributed by atoms with Crippen molar-refractivity contribution in [3.05, 3.63) is 234 Å². The molecule has 0 amide bonds. The maximum atomic E-state index is 5.25. The van der Waals surface area contributed by atoms with Gasteiger partial charge in [-0.15, -0.1) is 0 Å². The number of rotatable bonds is 7. The fraction of sp³-hybridized carbons (Fsp3) is 0.0377. The van der Waals surface area contributed by atoms with Crippen molar-refractivity contribution in [2.24, 2.45) is 0 Å². The van der Waals surface area contributed by atoms with Gasteiger partial charge in [0.1, 0.15) is 0 Å². The maximum Gasteiger partial charge on any atom is 0.160 e. The average molecular weight is 716 g/mol. The van der Waals surface area contributed by atoms with Crippen LogP contribution in [0.5, 0.6) is 0 Å². The van der Waals surface area contributed by atoms with Crippen LogP contribution in [0.25, 0.3) is 67.3 Å². The van der Waals surface area contributed by atoms with Gasteiger partial charge in [0.25, 0.3) is 0 Å². The summed E-state index contributed by atoms with van der Waals surface area (Å²) in [5, 5.41) is 0.